The number of halogens is 1. The summed E-state index contributed by atoms with van der Waals surface area (Å²) in [6.45, 7) is 8.68. The lowest BCUT2D eigenvalue weighted by atomic mass is 10.1. The lowest BCUT2D eigenvalue weighted by Crippen LogP contribution is -2.56. The molecule has 1 unspecified atom stereocenters. The second kappa shape index (κ2) is 6.89. The van der Waals surface area contributed by atoms with Gasteiger partial charge >= 0.3 is 6.09 Å². The van der Waals surface area contributed by atoms with Crippen molar-refractivity contribution in [3.8, 4) is 0 Å². The number of hydrogen-bond acceptors (Lipinski definition) is 4. The molecule has 132 valence electrons. The summed E-state index contributed by atoms with van der Waals surface area (Å²) >= 11 is 6.13. The first-order chi connectivity index (χ1) is 11.1. The minimum absolute atomic E-state index is 0.132. The summed E-state index contributed by atoms with van der Waals surface area (Å²) in [4.78, 5) is 28.2. The largest absolute Gasteiger partial charge is 0.444 e. The average molecular weight is 354 g/mol. The number of hydrogen-bond donors (Lipinski definition) is 1. The average Bonchev–Trinajstić information content (AvgIpc) is 2.44. The number of ether oxygens (including phenoxy) is 1. The number of amides is 2. The van der Waals surface area contributed by atoms with Gasteiger partial charge in [0.25, 0.3) is 5.91 Å². The molecule has 2 amide bonds. The lowest BCUT2D eigenvalue weighted by molar-refractivity contribution is 0.00617. The molecule has 0 radical (unpaired) electrons. The monoisotopic (exact) mass is 353 g/mol. The molecule has 24 heavy (non-hydrogen) atoms. The van der Waals surface area contributed by atoms with Crippen molar-refractivity contribution >= 4 is 29.3 Å². The summed E-state index contributed by atoms with van der Waals surface area (Å²) < 4.78 is 5.39. The molecule has 1 atom stereocenters. The molecule has 1 aromatic carbocycles. The van der Waals surface area contributed by atoms with Gasteiger partial charge in [-0.15, -0.1) is 0 Å². The van der Waals surface area contributed by atoms with Crippen LogP contribution in [0.25, 0.3) is 0 Å². The molecule has 2 rings (SSSR count). The van der Waals surface area contributed by atoms with E-state index in [-0.39, 0.29) is 18.0 Å². The smallest absolute Gasteiger partial charge is 0.410 e. The Hall–Kier alpha value is -1.95. The van der Waals surface area contributed by atoms with Gasteiger partial charge in [0, 0.05) is 31.4 Å². The van der Waals surface area contributed by atoms with Gasteiger partial charge in [-0.25, -0.2) is 4.79 Å². The summed E-state index contributed by atoms with van der Waals surface area (Å²) in [5, 5.41) is 0.335. The summed E-state index contributed by atoms with van der Waals surface area (Å²) in [6.07, 6.45) is -0.355. The van der Waals surface area contributed by atoms with E-state index >= 15 is 0 Å². The molecule has 1 fully saturated rings. The number of nitrogens with zero attached hydrogens (tertiary/aromatic N) is 2. The molecule has 6 nitrogen and oxygen atoms in total. The Balaban J connectivity index is 2.05. The van der Waals surface area contributed by atoms with Crippen LogP contribution >= 0.6 is 11.6 Å². The van der Waals surface area contributed by atoms with E-state index < -0.39 is 5.60 Å². The summed E-state index contributed by atoms with van der Waals surface area (Å²) in [5.41, 5.74) is 6.06. The van der Waals surface area contributed by atoms with Crippen molar-refractivity contribution in [2.45, 2.75) is 39.3 Å². The summed E-state index contributed by atoms with van der Waals surface area (Å²) in [6, 6.07) is 4.72. The van der Waals surface area contributed by atoms with E-state index in [0.29, 0.717) is 35.9 Å². The fourth-order valence-electron chi connectivity index (χ4n) is 2.61. The van der Waals surface area contributed by atoms with Crippen molar-refractivity contribution in [1.29, 1.82) is 0 Å². The van der Waals surface area contributed by atoms with E-state index in [9.17, 15) is 9.59 Å². The Morgan fingerprint density at radius 2 is 1.96 bits per heavy atom. The van der Waals surface area contributed by atoms with Crippen LogP contribution in [-0.2, 0) is 4.74 Å². The predicted octanol–water partition coefficient (Wildman–Crippen LogP) is 3.00. The van der Waals surface area contributed by atoms with Crippen LogP contribution in [0.1, 0.15) is 38.1 Å². The van der Waals surface area contributed by atoms with Crippen LogP contribution in [0.3, 0.4) is 0 Å². The molecule has 1 heterocycles. The molecular formula is C17H24ClN3O3. The zero-order valence-electron chi connectivity index (χ0n) is 14.5. The van der Waals surface area contributed by atoms with Gasteiger partial charge < -0.3 is 20.3 Å². The number of nitrogens with two attached hydrogens (primary N) is 1. The second-order valence-corrected chi connectivity index (χ2v) is 7.42. The van der Waals surface area contributed by atoms with Crippen LogP contribution in [0, 0.1) is 0 Å². The van der Waals surface area contributed by atoms with Crippen LogP contribution in [-0.4, -0.2) is 53.1 Å². The number of benzene rings is 1. The van der Waals surface area contributed by atoms with Crippen molar-refractivity contribution in [2.24, 2.45) is 0 Å². The Bertz CT molecular complexity index is 642. The highest BCUT2D eigenvalue weighted by Crippen LogP contribution is 2.23. The highest BCUT2D eigenvalue weighted by molar-refractivity contribution is 6.34. The third-order valence-corrected chi connectivity index (χ3v) is 4.08. The van der Waals surface area contributed by atoms with E-state index in [4.69, 9.17) is 22.1 Å². The standard InChI is InChI=1S/C17H24ClN3O3/c1-11-10-20(16(23)24-17(2,3)4)7-8-21(11)15(22)13-6-5-12(19)9-14(13)18/h5-6,9,11H,7-8,10,19H2,1-4H3. The fraction of sp³-hybridized carbons (Fsp3) is 0.529. The Kier molecular flexibility index (Phi) is 5.28. The van der Waals surface area contributed by atoms with Crippen LogP contribution in [0.15, 0.2) is 18.2 Å². The zero-order valence-corrected chi connectivity index (χ0v) is 15.3. The van der Waals surface area contributed by atoms with Gasteiger partial charge in [0.05, 0.1) is 10.6 Å². The number of carbonyl (C=O) groups is 2. The highest BCUT2D eigenvalue weighted by atomic mass is 35.5. The SMILES string of the molecule is CC1CN(C(=O)OC(C)(C)C)CCN1C(=O)c1ccc(N)cc1Cl. The molecule has 0 spiro atoms. The van der Waals surface area contributed by atoms with Crippen molar-refractivity contribution in [1.82, 2.24) is 9.80 Å². The van der Waals surface area contributed by atoms with Gasteiger partial charge in [-0.1, -0.05) is 11.6 Å². The molecule has 1 aliphatic rings. The first kappa shape index (κ1) is 18.4. The molecule has 1 aromatic rings. The van der Waals surface area contributed by atoms with E-state index in [0.717, 1.165) is 0 Å². The minimum Gasteiger partial charge on any atom is -0.444 e. The zero-order chi connectivity index (χ0) is 18.1. The first-order valence-corrected chi connectivity index (χ1v) is 8.30. The van der Waals surface area contributed by atoms with Gasteiger partial charge in [0.15, 0.2) is 0 Å². The number of anilines is 1. The van der Waals surface area contributed by atoms with E-state index in [1.807, 2.05) is 27.7 Å². The predicted molar refractivity (Wildman–Crippen MR) is 94.2 cm³/mol. The summed E-state index contributed by atoms with van der Waals surface area (Å²) in [5.74, 6) is -0.156. The first-order valence-electron chi connectivity index (χ1n) is 7.92. The normalized spacial score (nSPS) is 18.5. The molecule has 1 aliphatic heterocycles. The molecular weight excluding hydrogens is 330 g/mol. The van der Waals surface area contributed by atoms with Gasteiger partial charge in [0.2, 0.25) is 0 Å². The van der Waals surface area contributed by atoms with Crippen molar-refractivity contribution in [2.75, 3.05) is 25.4 Å². The van der Waals surface area contributed by atoms with Crippen LogP contribution in [0.5, 0.6) is 0 Å². The minimum atomic E-state index is -0.537. The fourth-order valence-corrected chi connectivity index (χ4v) is 2.88. The third kappa shape index (κ3) is 4.32. The van der Waals surface area contributed by atoms with E-state index in [1.54, 1.807) is 28.0 Å². The van der Waals surface area contributed by atoms with Gasteiger partial charge in [0.1, 0.15) is 5.60 Å². The number of carbonyl (C=O) groups excluding carboxylic acids is 2. The quantitative estimate of drug-likeness (QED) is 0.787. The summed E-state index contributed by atoms with van der Waals surface area (Å²) in [7, 11) is 0. The van der Waals surface area contributed by atoms with Crippen molar-refractivity contribution in [3.05, 3.63) is 28.8 Å². The topological polar surface area (TPSA) is 75.9 Å². The maximum absolute atomic E-state index is 12.7. The number of piperazine rings is 1. The van der Waals surface area contributed by atoms with Crippen LogP contribution < -0.4 is 5.73 Å². The van der Waals surface area contributed by atoms with Gasteiger partial charge in [-0.3, -0.25) is 4.79 Å². The molecule has 7 heteroatoms. The second-order valence-electron chi connectivity index (χ2n) is 7.01. The molecule has 0 saturated carbocycles. The van der Waals surface area contributed by atoms with Crippen molar-refractivity contribution < 1.29 is 14.3 Å². The Morgan fingerprint density at radius 3 is 2.50 bits per heavy atom. The molecule has 2 N–H and O–H groups in total. The highest BCUT2D eigenvalue weighted by Gasteiger charge is 2.32. The Morgan fingerprint density at radius 1 is 1.29 bits per heavy atom. The van der Waals surface area contributed by atoms with Gasteiger partial charge in [-0.2, -0.15) is 0 Å². The van der Waals surface area contributed by atoms with Gasteiger partial charge in [-0.05, 0) is 45.9 Å². The van der Waals surface area contributed by atoms with E-state index in [2.05, 4.69) is 0 Å². The van der Waals surface area contributed by atoms with Crippen molar-refractivity contribution in [3.63, 3.8) is 0 Å². The van der Waals surface area contributed by atoms with Crippen LogP contribution in [0.2, 0.25) is 5.02 Å². The lowest BCUT2D eigenvalue weighted by Gasteiger charge is -2.40. The van der Waals surface area contributed by atoms with Crippen LogP contribution in [0.4, 0.5) is 10.5 Å². The van der Waals surface area contributed by atoms with E-state index in [1.165, 1.54) is 0 Å². The number of nitrogen functional groups attached to an aromatic ring is 1. The molecule has 0 aromatic heterocycles. The molecule has 1 saturated heterocycles. The molecule has 0 bridgehead atoms. The maximum Gasteiger partial charge on any atom is 0.410 e. The maximum atomic E-state index is 12.7. The third-order valence-electron chi connectivity index (χ3n) is 3.76. The number of rotatable bonds is 1. The molecule has 0 aliphatic carbocycles. The Labute approximate surface area is 147 Å².